The van der Waals surface area contributed by atoms with Gasteiger partial charge in [-0.3, -0.25) is 9.59 Å². The topological polar surface area (TPSA) is 69.0 Å². The van der Waals surface area contributed by atoms with Gasteiger partial charge in [-0.1, -0.05) is 19.1 Å². The Morgan fingerprint density at radius 1 is 1.22 bits per heavy atom. The zero-order valence-corrected chi connectivity index (χ0v) is 15.9. The van der Waals surface area contributed by atoms with Crippen LogP contribution in [0.3, 0.4) is 0 Å². The molecule has 0 saturated carbocycles. The van der Waals surface area contributed by atoms with Gasteiger partial charge in [0.05, 0.1) is 32.4 Å². The molecule has 0 saturated heterocycles. The van der Waals surface area contributed by atoms with E-state index >= 15 is 0 Å². The van der Waals surface area contributed by atoms with Crippen molar-refractivity contribution in [1.29, 1.82) is 0 Å². The van der Waals surface area contributed by atoms with Gasteiger partial charge < -0.3 is 18.8 Å². The second-order valence-corrected chi connectivity index (χ2v) is 6.06. The van der Waals surface area contributed by atoms with Gasteiger partial charge in [0.2, 0.25) is 5.91 Å². The van der Waals surface area contributed by atoms with Crippen molar-refractivity contribution in [1.82, 2.24) is 4.90 Å². The number of methoxy groups -OCH3 is 1. The summed E-state index contributed by atoms with van der Waals surface area (Å²) in [6.45, 7) is 4.77. The summed E-state index contributed by atoms with van der Waals surface area (Å²) in [5, 5.41) is 0. The number of benzene rings is 1. The van der Waals surface area contributed by atoms with Crippen LogP contribution in [0.15, 0.2) is 53.2 Å². The number of hydrogen-bond acceptors (Lipinski definition) is 5. The van der Waals surface area contributed by atoms with Crippen LogP contribution in [-0.2, 0) is 20.9 Å². The van der Waals surface area contributed by atoms with Gasteiger partial charge in [0, 0.05) is 12.6 Å². The molecule has 6 heteroatoms. The molecule has 0 aliphatic heterocycles. The van der Waals surface area contributed by atoms with Crippen LogP contribution in [0.25, 0.3) is 6.08 Å². The minimum Gasteiger partial charge on any atom is -0.494 e. The van der Waals surface area contributed by atoms with Gasteiger partial charge in [-0.15, -0.1) is 0 Å². The number of carbonyl (C=O) groups excluding carboxylic acids is 2. The van der Waals surface area contributed by atoms with Crippen LogP contribution >= 0.6 is 0 Å². The summed E-state index contributed by atoms with van der Waals surface area (Å²) in [7, 11) is 1.34. The molecule has 1 atom stereocenters. The van der Waals surface area contributed by atoms with E-state index in [0.29, 0.717) is 12.4 Å². The third-order valence-electron chi connectivity index (χ3n) is 3.95. The van der Waals surface area contributed by atoms with Gasteiger partial charge in [0.25, 0.3) is 0 Å². The molecule has 2 aromatic rings. The van der Waals surface area contributed by atoms with Crippen molar-refractivity contribution in [2.24, 2.45) is 5.92 Å². The molecule has 0 fully saturated rings. The van der Waals surface area contributed by atoms with E-state index in [9.17, 15) is 9.59 Å². The monoisotopic (exact) mass is 371 g/mol. The van der Waals surface area contributed by atoms with Crippen LogP contribution in [0, 0.1) is 5.92 Å². The van der Waals surface area contributed by atoms with Gasteiger partial charge in [-0.2, -0.15) is 0 Å². The molecule has 0 bridgehead atoms. The van der Waals surface area contributed by atoms with Crippen molar-refractivity contribution >= 4 is 18.0 Å². The number of furan rings is 1. The van der Waals surface area contributed by atoms with Crippen LogP contribution in [0.4, 0.5) is 0 Å². The summed E-state index contributed by atoms with van der Waals surface area (Å²) >= 11 is 0. The van der Waals surface area contributed by atoms with E-state index in [2.05, 4.69) is 0 Å². The van der Waals surface area contributed by atoms with Gasteiger partial charge in [-0.25, -0.2) is 0 Å². The first-order valence-corrected chi connectivity index (χ1v) is 8.83. The molecule has 1 unspecified atom stereocenters. The Labute approximate surface area is 159 Å². The highest BCUT2D eigenvalue weighted by Gasteiger charge is 2.21. The summed E-state index contributed by atoms with van der Waals surface area (Å²) in [5.41, 5.74) is 0.880. The summed E-state index contributed by atoms with van der Waals surface area (Å²) in [4.78, 5) is 26.0. The Kier molecular flexibility index (Phi) is 7.67. The number of rotatable bonds is 9. The predicted octanol–water partition coefficient (Wildman–Crippen LogP) is 3.53. The smallest absolute Gasteiger partial charge is 0.310 e. The van der Waals surface area contributed by atoms with Gasteiger partial charge in [0.15, 0.2) is 0 Å². The highest BCUT2D eigenvalue weighted by Crippen LogP contribution is 2.14. The molecule has 1 aromatic carbocycles. The molecular formula is C21H25NO5. The second kappa shape index (κ2) is 10.2. The van der Waals surface area contributed by atoms with E-state index in [1.807, 2.05) is 31.2 Å². The molecule has 0 radical (unpaired) electrons. The number of esters is 1. The molecule has 1 aromatic heterocycles. The fraction of sp³-hybridized carbons (Fsp3) is 0.333. The fourth-order valence-corrected chi connectivity index (χ4v) is 2.54. The summed E-state index contributed by atoms with van der Waals surface area (Å²) < 4.78 is 15.5. The molecule has 0 spiro atoms. The normalized spacial score (nSPS) is 12.0. The van der Waals surface area contributed by atoms with Gasteiger partial charge >= 0.3 is 5.97 Å². The van der Waals surface area contributed by atoms with Crippen LogP contribution in [0.2, 0.25) is 0 Å². The summed E-state index contributed by atoms with van der Waals surface area (Å²) in [6.07, 6.45) is 4.77. The van der Waals surface area contributed by atoms with E-state index in [1.165, 1.54) is 13.2 Å². The highest BCUT2D eigenvalue weighted by atomic mass is 16.5. The molecule has 0 N–H and O–H groups in total. The first-order chi connectivity index (χ1) is 13.0. The lowest BCUT2D eigenvalue weighted by molar-refractivity contribution is -0.146. The van der Waals surface area contributed by atoms with Crippen LogP contribution in [0.5, 0.6) is 5.75 Å². The number of hydrogen-bond donors (Lipinski definition) is 0. The Hall–Kier alpha value is -3.02. The van der Waals surface area contributed by atoms with Crippen molar-refractivity contribution in [2.75, 3.05) is 20.3 Å². The predicted molar refractivity (Wildman–Crippen MR) is 102 cm³/mol. The summed E-state index contributed by atoms with van der Waals surface area (Å²) in [6, 6.07) is 11.0. The fourth-order valence-electron chi connectivity index (χ4n) is 2.54. The highest BCUT2D eigenvalue weighted by molar-refractivity contribution is 5.92. The summed E-state index contributed by atoms with van der Waals surface area (Å²) in [5.74, 6) is 0.425. The molecule has 144 valence electrons. The second-order valence-electron chi connectivity index (χ2n) is 6.06. The first kappa shape index (κ1) is 20.3. The largest absolute Gasteiger partial charge is 0.494 e. The standard InChI is InChI=1S/C21H25NO5/c1-4-26-18-10-7-17(8-11-18)9-12-20(23)22(14-16(2)21(24)25-3)15-19-6-5-13-27-19/h5-13,16H,4,14-15H2,1-3H3/b12-9+. The zero-order valence-electron chi connectivity index (χ0n) is 15.9. The van der Waals surface area contributed by atoms with Crippen molar-refractivity contribution in [3.8, 4) is 5.75 Å². The number of ether oxygens (including phenoxy) is 2. The number of amides is 1. The molecule has 1 heterocycles. The maximum Gasteiger partial charge on any atom is 0.310 e. The van der Waals surface area contributed by atoms with Gasteiger partial charge in [-0.05, 0) is 42.8 Å². The number of carbonyl (C=O) groups is 2. The third-order valence-corrected chi connectivity index (χ3v) is 3.95. The molecule has 1 amide bonds. The minimum atomic E-state index is -0.437. The van der Waals surface area contributed by atoms with Crippen LogP contribution in [0.1, 0.15) is 25.2 Å². The van der Waals surface area contributed by atoms with Crippen molar-refractivity contribution in [3.05, 3.63) is 60.1 Å². The number of nitrogens with zero attached hydrogens (tertiary/aromatic N) is 1. The SMILES string of the molecule is CCOc1ccc(/C=C/C(=O)N(Cc2ccco2)CC(C)C(=O)OC)cc1. The van der Waals surface area contributed by atoms with E-state index in [0.717, 1.165) is 11.3 Å². The lowest BCUT2D eigenvalue weighted by Crippen LogP contribution is -2.35. The molecule has 0 aliphatic carbocycles. The van der Waals surface area contributed by atoms with Gasteiger partial charge in [0.1, 0.15) is 11.5 Å². The average molecular weight is 371 g/mol. The Morgan fingerprint density at radius 2 is 1.96 bits per heavy atom. The molecular weight excluding hydrogens is 346 g/mol. The Bertz CT molecular complexity index is 749. The van der Waals surface area contributed by atoms with Crippen molar-refractivity contribution in [2.45, 2.75) is 20.4 Å². The van der Waals surface area contributed by atoms with Crippen molar-refractivity contribution < 1.29 is 23.5 Å². The molecule has 2 rings (SSSR count). The van der Waals surface area contributed by atoms with E-state index in [-0.39, 0.29) is 25.0 Å². The van der Waals surface area contributed by atoms with Crippen molar-refractivity contribution in [3.63, 3.8) is 0 Å². The van der Waals surface area contributed by atoms with Crippen LogP contribution < -0.4 is 4.74 Å². The Balaban J connectivity index is 2.08. The third kappa shape index (κ3) is 6.33. The maximum absolute atomic E-state index is 12.7. The van der Waals surface area contributed by atoms with E-state index in [1.54, 1.807) is 36.3 Å². The minimum absolute atomic E-state index is 0.212. The first-order valence-electron chi connectivity index (χ1n) is 8.83. The molecule has 6 nitrogen and oxygen atoms in total. The van der Waals surface area contributed by atoms with E-state index < -0.39 is 5.92 Å². The lowest BCUT2D eigenvalue weighted by Gasteiger charge is -2.23. The van der Waals surface area contributed by atoms with E-state index in [4.69, 9.17) is 13.9 Å². The maximum atomic E-state index is 12.7. The quantitative estimate of drug-likeness (QED) is 0.498. The zero-order chi connectivity index (χ0) is 19.6. The average Bonchev–Trinajstić information content (AvgIpc) is 3.19. The molecule has 0 aliphatic rings. The Morgan fingerprint density at radius 3 is 2.56 bits per heavy atom. The molecule has 27 heavy (non-hydrogen) atoms. The van der Waals surface area contributed by atoms with Crippen LogP contribution in [-0.4, -0.2) is 37.0 Å². The lowest BCUT2D eigenvalue weighted by atomic mass is 10.1.